The minimum Gasteiger partial charge on any atom is -0.391 e. The molecule has 0 heterocycles. The number of nitrogens with two attached hydrogens (primary N) is 1. The van der Waals surface area contributed by atoms with Gasteiger partial charge in [-0.25, -0.2) is 0 Å². The predicted molar refractivity (Wildman–Crippen MR) is 67.1 cm³/mol. The van der Waals surface area contributed by atoms with Crippen molar-refractivity contribution in [3.63, 3.8) is 0 Å². The van der Waals surface area contributed by atoms with Gasteiger partial charge in [-0.3, -0.25) is 0 Å². The highest BCUT2D eigenvalue weighted by molar-refractivity contribution is 6.44. The quantitative estimate of drug-likeness (QED) is 0.833. The molecular weight excluding hydrogens is 268 g/mol. The molecule has 1 aliphatic carbocycles. The maximum Gasteiger partial charge on any atom is 0.0761 e. The predicted octanol–water partition coefficient (Wildman–Crippen LogP) is 3.42. The molecule has 16 heavy (non-hydrogen) atoms. The fourth-order valence-corrected chi connectivity index (χ4v) is 2.54. The highest BCUT2D eigenvalue weighted by Gasteiger charge is 2.35. The highest BCUT2D eigenvalue weighted by Crippen LogP contribution is 2.42. The SMILES string of the molecule is N[C@@H](c1c(Cl)ccc(Cl)c1Cl)[C@H](O)C1CC1. The zero-order valence-electron chi connectivity index (χ0n) is 8.46. The van der Waals surface area contributed by atoms with Crippen LogP contribution in [0.25, 0.3) is 0 Å². The van der Waals surface area contributed by atoms with Crippen LogP contribution in [0.2, 0.25) is 15.1 Å². The van der Waals surface area contributed by atoms with E-state index in [0.717, 1.165) is 12.8 Å². The van der Waals surface area contributed by atoms with E-state index in [1.807, 2.05) is 0 Å². The first kappa shape index (κ1) is 12.5. The van der Waals surface area contributed by atoms with Crippen molar-refractivity contribution in [3.8, 4) is 0 Å². The van der Waals surface area contributed by atoms with Gasteiger partial charge in [0.05, 0.1) is 22.2 Å². The topological polar surface area (TPSA) is 46.2 Å². The minimum absolute atomic E-state index is 0.265. The molecule has 3 N–H and O–H groups in total. The van der Waals surface area contributed by atoms with Crippen LogP contribution in [0.4, 0.5) is 0 Å². The summed E-state index contributed by atoms with van der Waals surface area (Å²) in [7, 11) is 0. The molecule has 0 bridgehead atoms. The van der Waals surface area contributed by atoms with Gasteiger partial charge in [-0.1, -0.05) is 34.8 Å². The highest BCUT2D eigenvalue weighted by atomic mass is 35.5. The molecule has 1 fully saturated rings. The largest absolute Gasteiger partial charge is 0.391 e. The van der Waals surface area contributed by atoms with Gasteiger partial charge in [0.1, 0.15) is 0 Å². The number of aliphatic hydroxyl groups excluding tert-OH is 1. The van der Waals surface area contributed by atoms with Gasteiger partial charge >= 0.3 is 0 Å². The number of halogens is 3. The van der Waals surface area contributed by atoms with E-state index in [0.29, 0.717) is 20.6 Å². The first-order valence-corrected chi connectivity index (χ1v) is 6.22. The lowest BCUT2D eigenvalue weighted by Gasteiger charge is -2.21. The molecule has 0 radical (unpaired) electrons. The molecule has 1 aliphatic rings. The van der Waals surface area contributed by atoms with Crippen LogP contribution in [0, 0.1) is 5.92 Å². The van der Waals surface area contributed by atoms with Gasteiger partial charge in [-0.2, -0.15) is 0 Å². The third kappa shape index (κ3) is 2.31. The first-order valence-electron chi connectivity index (χ1n) is 5.09. The van der Waals surface area contributed by atoms with Crippen LogP contribution in [-0.4, -0.2) is 11.2 Å². The van der Waals surface area contributed by atoms with E-state index in [4.69, 9.17) is 40.5 Å². The summed E-state index contributed by atoms with van der Waals surface area (Å²) in [6.07, 6.45) is 1.41. The zero-order valence-corrected chi connectivity index (χ0v) is 10.7. The first-order chi connectivity index (χ1) is 7.52. The van der Waals surface area contributed by atoms with Crippen LogP contribution in [0.15, 0.2) is 12.1 Å². The Hall–Kier alpha value is 0.01000. The summed E-state index contributed by atoms with van der Waals surface area (Å²) in [5, 5.41) is 11.1. The number of aliphatic hydroxyl groups is 1. The number of hydrogen-bond donors (Lipinski definition) is 2. The van der Waals surface area contributed by atoms with Crippen molar-refractivity contribution in [2.45, 2.75) is 25.0 Å². The van der Waals surface area contributed by atoms with E-state index in [1.165, 1.54) is 0 Å². The van der Waals surface area contributed by atoms with E-state index in [-0.39, 0.29) is 5.92 Å². The van der Waals surface area contributed by atoms with Crippen molar-refractivity contribution in [1.29, 1.82) is 0 Å². The lowest BCUT2D eigenvalue weighted by atomic mass is 9.99. The molecule has 0 spiro atoms. The van der Waals surface area contributed by atoms with Crippen molar-refractivity contribution in [1.82, 2.24) is 0 Å². The molecule has 1 saturated carbocycles. The maximum absolute atomic E-state index is 9.97. The summed E-state index contributed by atoms with van der Waals surface area (Å²) >= 11 is 18.0. The Kier molecular flexibility index (Phi) is 3.67. The van der Waals surface area contributed by atoms with Gasteiger partial charge < -0.3 is 10.8 Å². The fourth-order valence-electron chi connectivity index (χ4n) is 1.75. The molecule has 2 atom stereocenters. The van der Waals surface area contributed by atoms with Crippen LogP contribution in [0.1, 0.15) is 24.4 Å². The summed E-state index contributed by atoms with van der Waals surface area (Å²) in [6.45, 7) is 0. The number of benzene rings is 1. The number of hydrogen-bond acceptors (Lipinski definition) is 2. The Morgan fingerprint density at radius 1 is 1.19 bits per heavy atom. The van der Waals surface area contributed by atoms with Gasteiger partial charge in [0.2, 0.25) is 0 Å². The van der Waals surface area contributed by atoms with E-state index in [9.17, 15) is 5.11 Å². The van der Waals surface area contributed by atoms with E-state index in [1.54, 1.807) is 12.1 Å². The molecule has 0 aliphatic heterocycles. The summed E-state index contributed by atoms with van der Waals surface area (Å²) in [5.41, 5.74) is 6.51. The average Bonchev–Trinajstić information content (AvgIpc) is 3.06. The molecule has 0 amide bonds. The molecule has 2 nitrogen and oxygen atoms in total. The lowest BCUT2D eigenvalue weighted by Crippen LogP contribution is -2.28. The lowest BCUT2D eigenvalue weighted by molar-refractivity contribution is 0.122. The van der Waals surface area contributed by atoms with Crippen LogP contribution in [0.3, 0.4) is 0 Å². The van der Waals surface area contributed by atoms with Crippen LogP contribution in [-0.2, 0) is 0 Å². The minimum atomic E-state index is -0.603. The van der Waals surface area contributed by atoms with Gasteiger partial charge in [-0.15, -0.1) is 0 Å². The maximum atomic E-state index is 9.97. The Bertz CT molecular complexity index is 406. The summed E-state index contributed by atoms with van der Waals surface area (Å²) in [5.74, 6) is 0.265. The molecule has 0 saturated heterocycles. The van der Waals surface area contributed by atoms with Crippen molar-refractivity contribution < 1.29 is 5.11 Å². The Morgan fingerprint density at radius 2 is 1.75 bits per heavy atom. The molecule has 0 aromatic heterocycles. The van der Waals surface area contributed by atoms with Gasteiger partial charge in [0, 0.05) is 10.6 Å². The Balaban J connectivity index is 2.34. The molecular formula is C11H12Cl3NO. The molecule has 1 aromatic carbocycles. The third-order valence-corrected chi connectivity index (χ3v) is 4.03. The molecule has 88 valence electrons. The third-order valence-electron chi connectivity index (χ3n) is 2.89. The second-order valence-corrected chi connectivity index (χ2v) is 5.30. The monoisotopic (exact) mass is 279 g/mol. The molecule has 1 aromatic rings. The normalized spacial score (nSPS) is 19.6. The second kappa shape index (κ2) is 4.71. The van der Waals surface area contributed by atoms with Crippen LogP contribution >= 0.6 is 34.8 Å². The van der Waals surface area contributed by atoms with Gasteiger partial charge in [0.15, 0.2) is 0 Å². The molecule has 5 heteroatoms. The van der Waals surface area contributed by atoms with E-state index >= 15 is 0 Å². The van der Waals surface area contributed by atoms with Gasteiger partial charge in [-0.05, 0) is 30.9 Å². The summed E-state index contributed by atoms with van der Waals surface area (Å²) in [6, 6.07) is 2.68. The van der Waals surface area contributed by atoms with Gasteiger partial charge in [0.25, 0.3) is 0 Å². The summed E-state index contributed by atoms with van der Waals surface area (Å²) in [4.78, 5) is 0. The van der Waals surface area contributed by atoms with Crippen molar-refractivity contribution in [3.05, 3.63) is 32.8 Å². The average molecular weight is 281 g/mol. The fraction of sp³-hybridized carbons (Fsp3) is 0.455. The second-order valence-electron chi connectivity index (χ2n) is 4.11. The Morgan fingerprint density at radius 3 is 2.31 bits per heavy atom. The van der Waals surface area contributed by atoms with Crippen LogP contribution < -0.4 is 5.73 Å². The van der Waals surface area contributed by atoms with E-state index in [2.05, 4.69) is 0 Å². The van der Waals surface area contributed by atoms with Crippen LogP contribution in [0.5, 0.6) is 0 Å². The standard InChI is InChI=1S/C11H12Cl3NO/c12-6-3-4-7(13)9(14)8(6)10(15)11(16)5-1-2-5/h3-5,10-11,16H,1-2,15H2/t10-,11+/m0/s1. The summed E-state index contributed by atoms with van der Waals surface area (Å²) < 4.78 is 0. The number of rotatable bonds is 3. The smallest absolute Gasteiger partial charge is 0.0761 e. The van der Waals surface area contributed by atoms with Crippen molar-refractivity contribution in [2.75, 3.05) is 0 Å². The van der Waals surface area contributed by atoms with E-state index < -0.39 is 12.1 Å². The zero-order chi connectivity index (χ0) is 11.9. The van der Waals surface area contributed by atoms with Crippen molar-refractivity contribution in [2.24, 2.45) is 11.7 Å². The van der Waals surface area contributed by atoms with Crippen molar-refractivity contribution >= 4 is 34.8 Å². The molecule has 0 unspecified atom stereocenters. The Labute approximate surface area is 109 Å². The molecule has 2 rings (SSSR count).